The van der Waals surface area contributed by atoms with Crippen molar-refractivity contribution in [2.75, 3.05) is 18.4 Å². The maximum atomic E-state index is 12.3. The molecule has 0 aliphatic rings. The number of aromatic nitrogens is 2. The van der Waals surface area contributed by atoms with Gasteiger partial charge in [-0.1, -0.05) is 29.8 Å². The average molecular weight is 347 g/mol. The highest BCUT2D eigenvalue weighted by Crippen LogP contribution is 2.34. The van der Waals surface area contributed by atoms with Gasteiger partial charge in [0.1, 0.15) is 10.7 Å². The first-order chi connectivity index (χ1) is 11.1. The predicted octanol–water partition coefficient (Wildman–Crippen LogP) is 3.50. The first kappa shape index (κ1) is 15.7. The van der Waals surface area contributed by atoms with Crippen LogP contribution < -0.4 is 10.6 Å². The zero-order valence-corrected chi connectivity index (χ0v) is 14.0. The number of thiophene rings is 1. The molecule has 0 saturated heterocycles. The zero-order chi connectivity index (χ0) is 16.2. The number of aryl methyl sites for hydroxylation is 1. The minimum Gasteiger partial charge on any atom is -0.367 e. The van der Waals surface area contributed by atoms with E-state index in [0.29, 0.717) is 28.8 Å². The number of nitrogens with zero attached hydrogens (tertiary/aromatic N) is 2. The van der Waals surface area contributed by atoms with Crippen LogP contribution in [0.25, 0.3) is 10.1 Å². The molecule has 1 amide bonds. The van der Waals surface area contributed by atoms with E-state index < -0.39 is 0 Å². The molecule has 7 heteroatoms. The summed E-state index contributed by atoms with van der Waals surface area (Å²) in [5.74, 6) is 0.526. The standard InChI is InChI=1S/C16H15ClN4OS/c1-10-6-7-13(21-20-10)18-8-9-19-16(22)15-14(17)11-4-2-3-5-12(11)23-15/h2-7H,8-9H2,1H3,(H,18,21)(H,19,22). The third kappa shape index (κ3) is 3.60. The lowest BCUT2D eigenvalue weighted by atomic mass is 10.2. The molecule has 0 fully saturated rings. The Kier molecular flexibility index (Phi) is 4.73. The van der Waals surface area contributed by atoms with E-state index in [0.717, 1.165) is 15.8 Å². The number of carbonyl (C=O) groups excluding carboxylic acids is 1. The van der Waals surface area contributed by atoms with Crippen LogP contribution >= 0.6 is 22.9 Å². The van der Waals surface area contributed by atoms with Gasteiger partial charge in [-0.2, -0.15) is 5.10 Å². The maximum absolute atomic E-state index is 12.3. The number of benzene rings is 1. The van der Waals surface area contributed by atoms with Gasteiger partial charge in [0.15, 0.2) is 0 Å². The molecule has 3 rings (SSSR count). The van der Waals surface area contributed by atoms with Crippen molar-refractivity contribution in [1.82, 2.24) is 15.5 Å². The monoisotopic (exact) mass is 346 g/mol. The average Bonchev–Trinajstić information content (AvgIpc) is 2.90. The van der Waals surface area contributed by atoms with Crippen LogP contribution in [0.2, 0.25) is 5.02 Å². The van der Waals surface area contributed by atoms with Crippen molar-refractivity contribution in [3.05, 3.63) is 52.0 Å². The Balaban J connectivity index is 1.56. The number of nitrogens with one attached hydrogen (secondary N) is 2. The molecule has 0 aliphatic carbocycles. The molecule has 118 valence electrons. The Labute approximate surface area is 142 Å². The summed E-state index contributed by atoms with van der Waals surface area (Å²) in [5.41, 5.74) is 0.864. The molecule has 2 aromatic heterocycles. The first-order valence-electron chi connectivity index (χ1n) is 7.14. The van der Waals surface area contributed by atoms with E-state index in [-0.39, 0.29) is 5.91 Å². The van der Waals surface area contributed by atoms with Crippen LogP contribution in [0.4, 0.5) is 5.82 Å². The van der Waals surface area contributed by atoms with Crippen molar-refractivity contribution in [2.24, 2.45) is 0 Å². The van der Waals surface area contributed by atoms with E-state index in [1.165, 1.54) is 11.3 Å². The topological polar surface area (TPSA) is 66.9 Å². The highest BCUT2D eigenvalue weighted by Gasteiger charge is 2.16. The Morgan fingerprint density at radius 1 is 1.17 bits per heavy atom. The molecule has 0 unspecified atom stereocenters. The summed E-state index contributed by atoms with van der Waals surface area (Å²) in [6.45, 7) is 2.91. The van der Waals surface area contributed by atoms with Crippen molar-refractivity contribution >= 4 is 44.7 Å². The summed E-state index contributed by atoms with van der Waals surface area (Å²) in [4.78, 5) is 12.8. The van der Waals surface area contributed by atoms with Gasteiger partial charge in [0.25, 0.3) is 5.91 Å². The van der Waals surface area contributed by atoms with Gasteiger partial charge >= 0.3 is 0 Å². The summed E-state index contributed by atoms with van der Waals surface area (Å²) < 4.78 is 1.01. The van der Waals surface area contributed by atoms with Crippen molar-refractivity contribution in [2.45, 2.75) is 6.92 Å². The molecule has 2 N–H and O–H groups in total. The quantitative estimate of drug-likeness (QED) is 0.694. The fraction of sp³-hybridized carbons (Fsp3) is 0.188. The van der Waals surface area contributed by atoms with Crippen molar-refractivity contribution in [3.63, 3.8) is 0 Å². The molecule has 23 heavy (non-hydrogen) atoms. The molecule has 0 radical (unpaired) electrons. The Bertz CT molecular complexity index is 832. The van der Waals surface area contributed by atoms with Crippen molar-refractivity contribution in [3.8, 4) is 0 Å². The lowest BCUT2D eigenvalue weighted by Gasteiger charge is -2.06. The summed E-state index contributed by atoms with van der Waals surface area (Å²) in [5, 5.41) is 15.4. The Morgan fingerprint density at radius 3 is 2.74 bits per heavy atom. The number of fused-ring (bicyclic) bond motifs is 1. The van der Waals surface area contributed by atoms with Gasteiger partial charge in [-0.05, 0) is 25.1 Å². The summed E-state index contributed by atoms with van der Waals surface area (Å²) in [6.07, 6.45) is 0. The first-order valence-corrected chi connectivity index (χ1v) is 8.34. The Morgan fingerprint density at radius 2 is 2.00 bits per heavy atom. The van der Waals surface area contributed by atoms with Crippen LogP contribution in [0.1, 0.15) is 15.4 Å². The number of hydrogen-bond acceptors (Lipinski definition) is 5. The van der Waals surface area contributed by atoms with Crippen LogP contribution in [0.15, 0.2) is 36.4 Å². The molecule has 0 spiro atoms. The van der Waals surface area contributed by atoms with E-state index in [1.54, 1.807) is 0 Å². The van der Waals surface area contributed by atoms with E-state index in [2.05, 4.69) is 20.8 Å². The molecular weight excluding hydrogens is 332 g/mol. The molecule has 0 saturated carbocycles. The second-order valence-corrected chi connectivity index (χ2v) is 6.41. The van der Waals surface area contributed by atoms with Crippen LogP contribution in [-0.2, 0) is 0 Å². The number of anilines is 1. The number of halogens is 1. The molecule has 0 aliphatic heterocycles. The number of hydrogen-bond donors (Lipinski definition) is 2. The molecular formula is C16H15ClN4OS. The third-order valence-corrected chi connectivity index (χ3v) is 4.93. The van der Waals surface area contributed by atoms with E-state index >= 15 is 0 Å². The number of rotatable bonds is 5. The lowest BCUT2D eigenvalue weighted by Crippen LogP contribution is -2.28. The van der Waals surface area contributed by atoms with Crippen LogP contribution in [0.5, 0.6) is 0 Å². The van der Waals surface area contributed by atoms with Crippen LogP contribution in [-0.4, -0.2) is 29.2 Å². The fourth-order valence-electron chi connectivity index (χ4n) is 2.10. The molecule has 3 aromatic rings. The zero-order valence-electron chi connectivity index (χ0n) is 12.5. The fourth-order valence-corrected chi connectivity index (χ4v) is 3.53. The minimum absolute atomic E-state index is 0.159. The van der Waals surface area contributed by atoms with Gasteiger partial charge in [-0.3, -0.25) is 4.79 Å². The van der Waals surface area contributed by atoms with Crippen LogP contribution in [0.3, 0.4) is 0 Å². The molecule has 1 aromatic carbocycles. The summed E-state index contributed by atoms with van der Waals surface area (Å²) in [6, 6.07) is 11.5. The van der Waals surface area contributed by atoms with Crippen molar-refractivity contribution < 1.29 is 4.79 Å². The maximum Gasteiger partial charge on any atom is 0.262 e. The van der Waals surface area contributed by atoms with Gasteiger partial charge in [0, 0.05) is 23.2 Å². The Hall–Kier alpha value is -2.18. The molecule has 2 heterocycles. The van der Waals surface area contributed by atoms with E-state index in [1.807, 2.05) is 43.3 Å². The van der Waals surface area contributed by atoms with Gasteiger partial charge < -0.3 is 10.6 Å². The van der Waals surface area contributed by atoms with Gasteiger partial charge in [-0.25, -0.2) is 0 Å². The summed E-state index contributed by atoms with van der Waals surface area (Å²) >= 11 is 7.69. The van der Waals surface area contributed by atoms with Gasteiger partial charge in [0.2, 0.25) is 0 Å². The number of amides is 1. The van der Waals surface area contributed by atoms with E-state index in [4.69, 9.17) is 11.6 Å². The van der Waals surface area contributed by atoms with Crippen LogP contribution in [0, 0.1) is 6.92 Å². The predicted molar refractivity (Wildman–Crippen MR) is 94.4 cm³/mol. The molecule has 0 bridgehead atoms. The highest BCUT2D eigenvalue weighted by atomic mass is 35.5. The normalized spacial score (nSPS) is 10.7. The van der Waals surface area contributed by atoms with Gasteiger partial charge in [-0.15, -0.1) is 16.4 Å². The largest absolute Gasteiger partial charge is 0.367 e. The number of carbonyl (C=O) groups is 1. The lowest BCUT2D eigenvalue weighted by molar-refractivity contribution is 0.0959. The SMILES string of the molecule is Cc1ccc(NCCNC(=O)c2sc3ccccc3c2Cl)nn1. The highest BCUT2D eigenvalue weighted by molar-refractivity contribution is 7.21. The second kappa shape index (κ2) is 6.93. The minimum atomic E-state index is -0.159. The summed E-state index contributed by atoms with van der Waals surface area (Å²) in [7, 11) is 0. The van der Waals surface area contributed by atoms with Gasteiger partial charge in [0.05, 0.1) is 10.7 Å². The molecule has 5 nitrogen and oxygen atoms in total. The second-order valence-electron chi connectivity index (χ2n) is 4.98. The molecule has 0 atom stereocenters. The smallest absolute Gasteiger partial charge is 0.262 e. The van der Waals surface area contributed by atoms with E-state index in [9.17, 15) is 4.79 Å². The van der Waals surface area contributed by atoms with Crippen molar-refractivity contribution in [1.29, 1.82) is 0 Å². The third-order valence-electron chi connectivity index (χ3n) is 3.26.